The highest BCUT2D eigenvalue weighted by Crippen LogP contribution is 2.57. The highest BCUT2D eigenvalue weighted by atomic mass is 31.2. The minimum Gasteiger partial charge on any atom is -0.457 e. The lowest BCUT2D eigenvalue weighted by Crippen LogP contribution is -2.25. The van der Waals surface area contributed by atoms with Gasteiger partial charge in [0.1, 0.15) is 53.1 Å². The molecule has 92 heavy (non-hydrogen) atoms. The van der Waals surface area contributed by atoms with Gasteiger partial charge in [-0.3, -0.25) is 9.13 Å². The fourth-order valence-electron chi connectivity index (χ4n) is 13.1. The van der Waals surface area contributed by atoms with Crippen LogP contribution in [0, 0.1) is 0 Å². The molecule has 448 valence electrons. The third-order valence-corrected chi connectivity index (χ3v) is 25.5. The van der Waals surface area contributed by atoms with Gasteiger partial charge in [-0.1, -0.05) is 188 Å². The fourth-order valence-corrected chi connectivity index (χ4v) is 20.6. The number of allylic oxidation sites excluding steroid dienone is 2. The van der Waals surface area contributed by atoms with Gasteiger partial charge in [-0.05, 0) is 171 Å². The molecule has 3 heterocycles. The summed E-state index contributed by atoms with van der Waals surface area (Å²) in [5, 5.41) is 4.03. The molecule has 0 saturated heterocycles. The van der Waals surface area contributed by atoms with Crippen molar-refractivity contribution in [2.75, 3.05) is 0 Å². The minimum atomic E-state index is -3.60. The number of hydrogen-bond donors (Lipinski definition) is 0. The zero-order valence-corrected chi connectivity index (χ0v) is 52.9. The van der Waals surface area contributed by atoms with Crippen molar-refractivity contribution in [2.45, 2.75) is 31.8 Å². The first-order chi connectivity index (χ1) is 45.1. The van der Waals surface area contributed by atoms with Crippen LogP contribution in [0.1, 0.15) is 38.9 Å². The molecule has 0 aliphatic carbocycles. The van der Waals surface area contributed by atoms with Crippen molar-refractivity contribution in [3.8, 4) is 79.4 Å². The van der Waals surface area contributed by atoms with Crippen LogP contribution in [-0.4, -0.2) is 0 Å². The number of benzene rings is 12. The Labute approximate surface area is 536 Å². The quantitative estimate of drug-likeness (QED) is 0.0657. The van der Waals surface area contributed by atoms with E-state index < -0.39 is 21.9 Å². The number of rotatable bonds is 17. The smallest absolute Gasteiger partial charge is 0.307 e. The second-order valence-electron chi connectivity index (χ2n) is 23.2. The van der Waals surface area contributed by atoms with Gasteiger partial charge in [0.15, 0.2) is 0 Å². The lowest BCUT2D eigenvalue weighted by Gasteiger charge is -2.29. The van der Waals surface area contributed by atoms with E-state index in [4.69, 9.17) is 23.3 Å². The van der Waals surface area contributed by atoms with E-state index in [9.17, 15) is 0 Å². The Balaban J connectivity index is 0.782. The van der Waals surface area contributed by atoms with Crippen molar-refractivity contribution in [1.29, 1.82) is 0 Å². The fraction of sp³-hybridized carbons (Fsp3) is 0.0617. The molecule has 3 unspecified atom stereocenters. The molecule has 3 aliphatic heterocycles. The predicted octanol–water partition coefficient (Wildman–Crippen LogP) is 18.8. The van der Waals surface area contributed by atoms with E-state index in [0.29, 0.717) is 99.1 Å². The van der Waals surface area contributed by atoms with Crippen molar-refractivity contribution in [3.05, 3.63) is 337 Å². The second kappa shape index (κ2) is 24.2. The summed E-state index contributed by atoms with van der Waals surface area (Å²) in [5.74, 6) is 4.84. The third kappa shape index (κ3) is 10.5. The summed E-state index contributed by atoms with van der Waals surface area (Å²) in [5.41, 5.74) is 12.2. The molecule has 0 saturated carbocycles. The van der Waals surface area contributed by atoms with E-state index in [1.807, 2.05) is 231 Å². The molecule has 0 fully saturated rings. The molecule has 12 aromatic rings. The molecule has 12 aromatic carbocycles. The number of fused-ring (bicyclic) bond motifs is 9. The van der Waals surface area contributed by atoms with Crippen LogP contribution in [0.4, 0.5) is 0 Å². The van der Waals surface area contributed by atoms with Gasteiger partial charge in [-0.25, -0.2) is 0 Å². The normalized spacial score (nSPS) is 17.1. The zero-order valence-electron chi connectivity index (χ0n) is 50.2. The standard InChI is InChI=1S/C81H61O8P3/c1-3-20-55-23-17-25-57(79(55)85-62-40-46-65(47-41-62)90(82)54-61-22-5-6-29-68(61)71-32-9-14-37-76(71)90)52-59-27-19-28-60(81(59)87-64-44-50-67(51-45-64)92(84)78-39-16-11-34-73(78)70-31-8-13-36-75(70)89-92)53-58-26-18-24-56(21-4-2)80(58)86-63-42-48-66(49-43-63)91(83)77-38-15-10-33-72(77)69-30-7-12-35-74(69)88-91/h3-19,22-51H,1-2,20-21,52-54H2. The number of ether oxygens (including phenoxy) is 3. The Bertz CT molecular complexity index is 4800. The molecule has 0 amide bonds. The Kier molecular flexibility index (Phi) is 15.3. The predicted molar refractivity (Wildman–Crippen MR) is 374 cm³/mol. The lowest BCUT2D eigenvalue weighted by molar-refractivity contribution is 0.463. The van der Waals surface area contributed by atoms with Gasteiger partial charge < -0.3 is 27.8 Å². The van der Waals surface area contributed by atoms with E-state index >= 15 is 13.7 Å². The third-order valence-electron chi connectivity index (χ3n) is 17.5. The number of hydrogen-bond acceptors (Lipinski definition) is 8. The first kappa shape index (κ1) is 58.2. The summed E-state index contributed by atoms with van der Waals surface area (Å²) >= 11 is 0. The van der Waals surface area contributed by atoms with Crippen molar-refractivity contribution in [2.24, 2.45) is 0 Å². The molecule has 3 atom stereocenters. The van der Waals surface area contributed by atoms with Crippen molar-refractivity contribution in [1.82, 2.24) is 0 Å². The van der Waals surface area contributed by atoms with Crippen LogP contribution in [0.15, 0.2) is 298 Å². The molecular weight excluding hydrogens is 1190 g/mol. The van der Waals surface area contributed by atoms with Gasteiger partial charge in [0.05, 0.1) is 21.2 Å². The van der Waals surface area contributed by atoms with Crippen LogP contribution in [-0.2, 0) is 45.5 Å². The van der Waals surface area contributed by atoms with Gasteiger partial charge in [-0.15, -0.1) is 13.2 Å². The summed E-state index contributed by atoms with van der Waals surface area (Å²) in [6.45, 7) is 8.24. The van der Waals surface area contributed by atoms with Crippen LogP contribution in [0.2, 0.25) is 0 Å². The Morgan fingerprint density at radius 3 is 1.08 bits per heavy atom. The second-order valence-corrected chi connectivity index (χ2v) is 30.6. The van der Waals surface area contributed by atoms with Crippen LogP contribution >= 0.6 is 21.9 Å². The number of para-hydroxylation sites is 5. The van der Waals surface area contributed by atoms with Crippen LogP contribution in [0.5, 0.6) is 46.0 Å². The molecule has 0 N–H and O–H groups in total. The molecular formula is C81H61O8P3. The summed E-state index contributed by atoms with van der Waals surface area (Å²) in [7, 11) is -10.2. The molecule has 0 bridgehead atoms. The van der Waals surface area contributed by atoms with Crippen LogP contribution < -0.4 is 55.1 Å². The van der Waals surface area contributed by atoms with Crippen molar-refractivity contribution < 1.29 is 37.0 Å². The Morgan fingerprint density at radius 2 is 0.652 bits per heavy atom. The molecule has 8 nitrogen and oxygen atoms in total. The van der Waals surface area contributed by atoms with Crippen LogP contribution in [0.3, 0.4) is 0 Å². The first-order valence-electron chi connectivity index (χ1n) is 30.7. The van der Waals surface area contributed by atoms with E-state index in [0.717, 1.165) is 82.9 Å². The van der Waals surface area contributed by atoms with Crippen molar-refractivity contribution in [3.63, 3.8) is 0 Å². The van der Waals surface area contributed by atoms with Crippen molar-refractivity contribution >= 4 is 53.7 Å². The zero-order chi connectivity index (χ0) is 62.4. The maximum absolute atomic E-state index is 15.4. The molecule has 0 aromatic heterocycles. The van der Waals surface area contributed by atoms with Crippen LogP contribution in [0.25, 0.3) is 33.4 Å². The van der Waals surface area contributed by atoms with Gasteiger partial charge >= 0.3 is 14.7 Å². The summed E-state index contributed by atoms with van der Waals surface area (Å²) < 4.78 is 79.9. The summed E-state index contributed by atoms with van der Waals surface area (Å²) in [6, 6.07) is 88.3. The van der Waals surface area contributed by atoms with Gasteiger partial charge in [-0.2, -0.15) is 0 Å². The monoisotopic (exact) mass is 1250 g/mol. The first-order valence-corrected chi connectivity index (χ1v) is 35.9. The van der Waals surface area contributed by atoms with E-state index in [-0.39, 0.29) is 0 Å². The summed E-state index contributed by atoms with van der Waals surface area (Å²) in [6.07, 6.45) is 6.06. The van der Waals surface area contributed by atoms with Gasteiger partial charge in [0.25, 0.3) is 0 Å². The highest BCUT2D eigenvalue weighted by molar-refractivity contribution is 7.78. The van der Waals surface area contributed by atoms with Gasteiger partial charge in [0, 0.05) is 40.7 Å². The average molecular weight is 1260 g/mol. The van der Waals surface area contributed by atoms with Gasteiger partial charge in [0.2, 0.25) is 0 Å². The molecule has 15 rings (SSSR count). The maximum atomic E-state index is 15.4. The molecule has 0 radical (unpaired) electrons. The highest BCUT2D eigenvalue weighted by Gasteiger charge is 2.40. The summed E-state index contributed by atoms with van der Waals surface area (Å²) in [4.78, 5) is 0. The van der Waals surface area contributed by atoms with E-state index in [1.54, 1.807) is 0 Å². The maximum Gasteiger partial charge on any atom is 0.307 e. The minimum absolute atomic E-state index is 0.393. The lowest BCUT2D eigenvalue weighted by atomic mass is 9.94. The van der Waals surface area contributed by atoms with E-state index in [2.05, 4.69) is 67.8 Å². The molecule has 11 heteroatoms. The SMILES string of the molecule is C=CCc1cccc(Cc2cccc(Cc3cccc(CC=C)c3Oc3ccc(P4(=O)Oc5ccccc5-c5ccccc54)cc3)c2Oc2ccc(P3(=O)Oc4ccccc4-c4ccccc43)cc2)c1Oc1ccc(P2(=O)Cc3ccccc3-c3ccccc32)cc1. The molecule has 3 aliphatic rings. The average Bonchev–Trinajstić information content (AvgIpc) is 0.758. The topological polar surface area (TPSA) is 97.4 Å². The Morgan fingerprint density at radius 1 is 0.326 bits per heavy atom. The van der Waals surface area contributed by atoms with E-state index in [1.165, 1.54) is 0 Å². The Hall–Kier alpha value is -10.2. The largest absolute Gasteiger partial charge is 0.457 e. The molecule has 0 spiro atoms.